The van der Waals surface area contributed by atoms with E-state index in [-0.39, 0.29) is 30.8 Å². The number of aryl methyl sites for hydroxylation is 1. The van der Waals surface area contributed by atoms with Crippen LogP contribution in [0.25, 0.3) is 0 Å². The predicted octanol–water partition coefficient (Wildman–Crippen LogP) is 1.15. The summed E-state index contributed by atoms with van der Waals surface area (Å²) in [6.45, 7) is 2.03. The Labute approximate surface area is 131 Å². The van der Waals surface area contributed by atoms with Gasteiger partial charge in [-0.3, -0.25) is 9.59 Å². The number of nitrogens with two attached hydrogens (primary N) is 1. The summed E-state index contributed by atoms with van der Waals surface area (Å²) >= 11 is 0. The molecule has 116 valence electrons. The van der Waals surface area contributed by atoms with Gasteiger partial charge in [0.05, 0.1) is 6.54 Å². The van der Waals surface area contributed by atoms with E-state index in [2.05, 4.69) is 5.32 Å². The smallest absolute Gasteiger partial charge is 0.244 e. The normalized spacial score (nSPS) is 14.8. The van der Waals surface area contributed by atoms with E-state index >= 15 is 0 Å². The summed E-state index contributed by atoms with van der Waals surface area (Å²) in [5.74, 6) is -0.376. The van der Waals surface area contributed by atoms with E-state index in [4.69, 9.17) is 5.73 Å². The number of nitrogens with one attached hydrogen (secondary N) is 1. The first kappa shape index (κ1) is 17.5. The molecular weight excluding hydrogens is 290 g/mol. The Morgan fingerprint density at radius 3 is 2.43 bits per heavy atom. The maximum Gasteiger partial charge on any atom is 0.244 e. The van der Waals surface area contributed by atoms with Crippen LogP contribution in [0.5, 0.6) is 0 Å². The first-order valence-electron chi connectivity index (χ1n) is 6.84. The van der Waals surface area contributed by atoms with Gasteiger partial charge in [0.1, 0.15) is 6.04 Å². The quantitative estimate of drug-likeness (QED) is 0.856. The van der Waals surface area contributed by atoms with Crippen molar-refractivity contribution in [2.24, 2.45) is 5.73 Å². The molecule has 0 aromatic heterocycles. The Balaban J connectivity index is 0.00000220. The van der Waals surface area contributed by atoms with Gasteiger partial charge in [-0.25, -0.2) is 0 Å². The topological polar surface area (TPSA) is 75.4 Å². The minimum atomic E-state index is -0.727. The van der Waals surface area contributed by atoms with Crippen molar-refractivity contribution in [1.82, 2.24) is 10.2 Å². The van der Waals surface area contributed by atoms with Crippen molar-refractivity contribution >= 4 is 24.2 Å². The van der Waals surface area contributed by atoms with Crippen LogP contribution in [-0.4, -0.2) is 36.3 Å². The molecule has 1 aliphatic carbocycles. The van der Waals surface area contributed by atoms with E-state index in [0.29, 0.717) is 6.04 Å². The van der Waals surface area contributed by atoms with Crippen molar-refractivity contribution < 1.29 is 9.59 Å². The average molecular weight is 312 g/mol. The summed E-state index contributed by atoms with van der Waals surface area (Å²) in [7, 11) is 1.60. The van der Waals surface area contributed by atoms with Gasteiger partial charge in [0.25, 0.3) is 0 Å². The van der Waals surface area contributed by atoms with Gasteiger partial charge in [0.15, 0.2) is 0 Å². The maximum atomic E-state index is 12.2. The molecule has 2 amide bonds. The van der Waals surface area contributed by atoms with Gasteiger partial charge in [0, 0.05) is 13.1 Å². The highest BCUT2D eigenvalue weighted by Gasteiger charge is 2.26. The molecule has 1 atom stereocenters. The molecule has 3 N–H and O–H groups in total. The standard InChI is InChI=1S/C15H21N3O2.ClH/c1-10-3-5-11(6-4-10)14(16)15(20)18(2)9-13(19)17-12-7-8-12;/h3-6,12,14H,7-9,16H2,1-2H3,(H,17,19);1H. The van der Waals surface area contributed by atoms with E-state index in [1.165, 1.54) is 4.90 Å². The number of carbonyl (C=O) groups is 2. The monoisotopic (exact) mass is 311 g/mol. The van der Waals surface area contributed by atoms with Crippen molar-refractivity contribution in [3.63, 3.8) is 0 Å². The number of halogens is 1. The lowest BCUT2D eigenvalue weighted by molar-refractivity contribution is -0.135. The van der Waals surface area contributed by atoms with E-state index < -0.39 is 6.04 Å². The lowest BCUT2D eigenvalue weighted by Gasteiger charge is -2.21. The molecular formula is C15H22ClN3O2. The summed E-state index contributed by atoms with van der Waals surface area (Å²) in [6.07, 6.45) is 2.07. The fourth-order valence-electron chi connectivity index (χ4n) is 1.95. The van der Waals surface area contributed by atoms with Crippen LogP contribution in [0.3, 0.4) is 0 Å². The Morgan fingerprint density at radius 1 is 1.33 bits per heavy atom. The predicted molar refractivity (Wildman–Crippen MR) is 84.2 cm³/mol. The molecule has 1 fully saturated rings. The number of carbonyl (C=O) groups excluding carboxylic acids is 2. The lowest BCUT2D eigenvalue weighted by Crippen LogP contribution is -2.42. The van der Waals surface area contributed by atoms with E-state index in [1.54, 1.807) is 7.05 Å². The van der Waals surface area contributed by atoms with Crippen LogP contribution in [0.15, 0.2) is 24.3 Å². The molecule has 1 aliphatic rings. The second-order valence-corrected chi connectivity index (χ2v) is 5.42. The second kappa shape index (κ2) is 7.43. The molecule has 2 rings (SSSR count). The highest BCUT2D eigenvalue weighted by Crippen LogP contribution is 2.18. The zero-order chi connectivity index (χ0) is 14.7. The van der Waals surface area contributed by atoms with E-state index in [1.807, 2.05) is 31.2 Å². The zero-order valence-corrected chi connectivity index (χ0v) is 13.2. The van der Waals surface area contributed by atoms with Gasteiger partial charge in [-0.1, -0.05) is 29.8 Å². The molecule has 1 saturated carbocycles. The highest BCUT2D eigenvalue weighted by molar-refractivity contribution is 5.88. The third-order valence-corrected chi connectivity index (χ3v) is 3.40. The number of nitrogens with zero attached hydrogens (tertiary/aromatic N) is 1. The molecule has 0 spiro atoms. The van der Waals surface area contributed by atoms with E-state index in [9.17, 15) is 9.59 Å². The molecule has 6 heteroatoms. The third kappa shape index (κ3) is 5.02. The van der Waals surface area contributed by atoms with Gasteiger partial charge in [0.2, 0.25) is 11.8 Å². The Bertz CT molecular complexity index is 500. The van der Waals surface area contributed by atoms with Crippen LogP contribution in [0.2, 0.25) is 0 Å². The number of hydrogen-bond donors (Lipinski definition) is 2. The van der Waals surface area contributed by atoms with E-state index in [0.717, 1.165) is 24.0 Å². The molecule has 1 aromatic carbocycles. The van der Waals surface area contributed by atoms with Crippen LogP contribution in [-0.2, 0) is 9.59 Å². The second-order valence-electron chi connectivity index (χ2n) is 5.42. The number of hydrogen-bond acceptors (Lipinski definition) is 3. The average Bonchev–Trinajstić information content (AvgIpc) is 3.21. The van der Waals surface area contributed by atoms with Crippen molar-refractivity contribution in [3.8, 4) is 0 Å². The van der Waals surface area contributed by atoms with Crippen LogP contribution >= 0.6 is 12.4 Å². The molecule has 0 aliphatic heterocycles. The molecule has 0 heterocycles. The van der Waals surface area contributed by atoms with Crippen molar-refractivity contribution in [2.45, 2.75) is 31.8 Å². The molecule has 21 heavy (non-hydrogen) atoms. The SMILES string of the molecule is Cc1ccc(C(N)C(=O)N(C)CC(=O)NC2CC2)cc1.Cl. The Kier molecular flexibility index (Phi) is 6.18. The number of likely N-dealkylation sites (N-methyl/N-ethyl adjacent to an activating group) is 1. The summed E-state index contributed by atoms with van der Waals surface area (Å²) < 4.78 is 0. The maximum absolute atomic E-state index is 12.2. The fourth-order valence-corrected chi connectivity index (χ4v) is 1.95. The zero-order valence-electron chi connectivity index (χ0n) is 12.3. The largest absolute Gasteiger partial charge is 0.352 e. The molecule has 0 saturated heterocycles. The molecule has 0 bridgehead atoms. The van der Waals surface area contributed by atoms with Crippen LogP contribution in [0, 0.1) is 6.92 Å². The number of rotatable bonds is 5. The Hall–Kier alpha value is -1.59. The number of amides is 2. The van der Waals surface area contributed by atoms with Crippen molar-refractivity contribution in [2.75, 3.05) is 13.6 Å². The first-order chi connectivity index (χ1) is 9.47. The van der Waals surface area contributed by atoms with Crippen LogP contribution in [0.1, 0.15) is 30.0 Å². The molecule has 5 nitrogen and oxygen atoms in total. The summed E-state index contributed by atoms with van der Waals surface area (Å²) in [4.78, 5) is 25.2. The molecule has 1 unspecified atom stereocenters. The summed E-state index contributed by atoms with van der Waals surface area (Å²) in [5.41, 5.74) is 7.83. The highest BCUT2D eigenvalue weighted by atomic mass is 35.5. The summed E-state index contributed by atoms with van der Waals surface area (Å²) in [6, 6.07) is 7.10. The van der Waals surface area contributed by atoms with Crippen molar-refractivity contribution in [1.29, 1.82) is 0 Å². The van der Waals surface area contributed by atoms with Gasteiger partial charge >= 0.3 is 0 Å². The van der Waals surface area contributed by atoms with Gasteiger partial charge in [-0.15, -0.1) is 12.4 Å². The fraction of sp³-hybridized carbons (Fsp3) is 0.467. The molecule has 0 radical (unpaired) electrons. The minimum Gasteiger partial charge on any atom is -0.352 e. The van der Waals surface area contributed by atoms with Gasteiger partial charge in [-0.2, -0.15) is 0 Å². The number of benzene rings is 1. The summed E-state index contributed by atoms with van der Waals surface area (Å²) in [5, 5.41) is 2.85. The Morgan fingerprint density at radius 2 is 1.90 bits per heavy atom. The van der Waals surface area contributed by atoms with Crippen molar-refractivity contribution in [3.05, 3.63) is 35.4 Å². The first-order valence-corrected chi connectivity index (χ1v) is 6.84. The van der Waals surface area contributed by atoms with Crippen LogP contribution in [0.4, 0.5) is 0 Å². The van der Waals surface area contributed by atoms with Gasteiger partial charge in [-0.05, 0) is 25.3 Å². The molecule has 1 aromatic rings. The van der Waals surface area contributed by atoms with Crippen LogP contribution < -0.4 is 11.1 Å². The van der Waals surface area contributed by atoms with Gasteiger partial charge < -0.3 is 16.0 Å². The lowest BCUT2D eigenvalue weighted by atomic mass is 10.0. The third-order valence-electron chi connectivity index (χ3n) is 3.40. The minimum absolute atomic E-state index is 0.